The second-order valence-corrected chi connectivity index (χ2v) is 7.76. The van der Waals surface area contributed by atoms with Gasteiger partial charge in [-0.15, -0.1) is 0 Å². The van der Waals surface area contributed by atoms with Gasteiger partial charge in [0, 0.05) is 30.5 Å². The Hall–Kier alpha value is -2.77. The van der Waals surface area contributed by atoms with Crippen LogP contribution in [0, 0.1) is 5.41 Å². The largest absolute Gasteiger partial charge is 0.383 e. The van der Waals surface area contributed by atoms with Crippen LogP contribution in [-0.2, 0) is 6.54 Å². The van der Waals surface area contributed by atoms with E-state index in [0.29, 0.717) is 17.7 Å². The van der Waals surface area contributed by atoms with E-state index in [9.17, 15) is 0 Å². The Balaban J connectivity index is 1.82. The molecule has 2 heterocycles. The number of benzene rings is 1. The molecule has 0 bridgehead atoms. The Morgan fingerprint density at radius 3 is 2.55 bits per heavy atom. The fourth-order valence-electron chi connectivity index (χ4n) is 3.50. The summed E-state index contributed by atoms with van der Waals surface area (Å²) in [5, 5.41) is 8.01. The van der Waals surface area contributed by atoms with Crippen LogP contribution in [0.3, 0.4) is 0 Å². The van der Waals surface area contributed by atoms with Gasteiger partial charge in [-0.1, -0.05) is 12.1 Å². The van der Waals surface area contributed by atoms with E-state index in [1.807, 2.05) is 38.1 Å². The minimum absolute atomic E-state index is 0.0526. The second kappa shape index (κ2) is 9.62. The van der Waals surface area contributed by atoms with E-state index < -0.39 is 0 Å². The van der Waals surface area contributed by atoms with E-state index in [-0.39, 0.29) is 6.04 Å². The van der Waals surface area contributed by atoms with Crippen LogP contribution in [0.4, 0.5) is 11.5 Å². The molecule has 0 saturated carbocycles. The van der Waals surface area contributed by atoms with Crippen molar-refractivity contribution in [3.8, 4) is 0 Å². The van der Waals surface area contributed by atoms with Gasteiger partial charge in [-0.25, -0.2) is 4.98 Å². The second-order valence-electron chi connectivity index (χ2n) is 7.76. The first-order valence-corrected chi connectivity index (χ1v) is 10.1. The van der Waals surface area contributed by atoms with Gasteiger partial charge in [-0.05, 0) is 69.6 Å². The van der Waals surface area contributed by atoms with Crippen molar-refractivity contribution in [2.45, 2.75) is 45.3 Å². The molecule has 0 unspecified atom stereocenters. The Labute approximate surface area is 172 Å². The lowest BCUT2D eigenvalue weighted by Gasteiger charge is -2.30. The van der Waals surface area contributed by atoms with Crippen LogP contribution in [0.15, 0.2) is 47.6 Å². The number of nitrogens with one attached hydrogen (secondary N) is 1. The van der Waals surface area contributed by atoms with Gasteiger partial charge in [-0.3, -0.25) is 20.2 Å². The summed E-state index contributed by atoms with van der Waals surface area (Å²) in [7, 11) is 0. The first kappa shape index (κ1) is 21.0. The van der Waals surface area contributed by atoms with E-state index in [4.69, 9.17) is 21.9 Å². The van der Waals surface area contributed by atoms with Gasteiger partial charge in [0.2, 0.25) is 0 Å². The van der Waals surface area contributed by atoms with Crippen molar-refractivity contribution in [3.63, 3.8) is 0 Å². The number of likely N-dealkylation sites (tertiary alicyclic amines) is 1. The molecule has 0 radical (unpaired) electrons. The van der Waals surface area contributed by atoms with Gasteiger partial charge in [0.05, 0.1) is 11.9 Å². The summed E-state index contributed by atoms with van der Waals surface area (Å²) >= 11 is 0. The Kier molecular flexibility index (Phi) is 6.95. The molecule has 2 aromatic rings. The summed E-state index contributed by atoms with van der Waals surface area (Å²) in [6.45, 7) is 7.01. The molecule has 154 valence electrons. The van der Waals surface area contributed by atoms with Gasteiger partial charge >= 0.3 is 0 Å². The third-order valence-electron chi connectivity index (χ3n) is 5.07. The van der Waals surface area contributed by atoms with Crippen LogP contribution in [-0.4, -0.2) is 47.2 Å². The maximum Gasteiger partial charge on any atom is 0.144 e. The average molecular weight is 394 g/mol. The summed E-state index contributed by atoms with van der Waals surface area (Å²) in [5.74, 6) is 1.03. The number of nitrogen functional groups attached to an aromatic ring is 1. The molecule has 1 aliphatic rings. The fourth-order valence-corrected chi connectivity index (χ4v) is 3.50. The SMILES string of the molecule is CC(C)N=C(c1cccnc1N)N(C=N)c1ccc(CN2CCC(N)CC2)cc1. The Bertz CT molecular complexity index is 836. The summed E-state index contributed by atoms with van der Waals surface area (Å²) in [6, 6.07) is 12.4. The molecule has 1 aromatic heterocycles. The van der Waals surface area contributed by atoms with Crippen LogP contribution < -0.4 is 16.4 Å². The highest BCUT2D eigenvalue weighted by molar-refractivity contribution is 6.20. The molecule has 1 aromatic carbocycles. The molecule has 7 heteroatoms. The number of rotatable bonds is 6. The molecule has 0 spiro atoms. The molecule has 1 saturated heterocycles. The highest BCUT2D eigenvalue weighted by Crippen LogP contribution is 2.21. The predicted molar refractivity (Wildman–Crippen MR) is 121 cm³/mol. The van der Waals surface area contributed by atoms with Crippen molar-refractivity contribution in [3.05, 3.63) is 53.7 Å². The highest BCUT2D eigenvalue weighted by atomic mass is 15.2. The summed E-state index contributed by atoms with van der Waals surface area (Å²) < 4.78 is 0. The number of hydrogen-bond donors (Lipinski definition) is 3. The minimum atomic E-state index is 0.0526. The minimum Gasteiger partial charge on any atom is -0.383 e. The van der Waals surface area contributed by atoms with Crippen molar-refractivity contribution in [2.24, 2.45) is 10.7 Å². The Morgan fingerprint density at radius 2 is 1.97 bits per heavy atom. The molecule has 0 atom stereocenters. The number of anilines is 2. The van der Waals surface area contributed by atoms with E-state index in [0.717, 1.165) is 43.7 Å². The lowest BCUT2D eigenvalue weighted by Crippen LogP contribution is -2.39. The van der Waals surface area contributed by atoms with Gasteiger partial charge < -0.3 is 11.5 Å². The molecular weight excluding hydrogens is 362 g/mol. The summed E-state index contributed by atoms with van der Waals surface area (Å²) in [4.78, 5) is 13.1. The third-order valence-corrected chi connectivity index (χ3v) is 5.07. The first-order chi connectivity index (χ1) is 14.0. The number of piperidine rings is 1. The van der Waals surface area contributed by atoms with E-state index >= 15 is 0 Å². The zero-order valence-electron chi connectivity index (χ0n) is 17.3. The highest BCUT2D eigenvalue weighted by Gasteiger charge is 2.19. The monoisotopic (exact) mass is 393 g/mol. The number of pyridine rings is 1. The van der Waals surface area contributed by atoms with Crippen LogP contribution in [0.25, 0.3) is 0 Å². The number of nitrogens with zero attached hydrogens (tertiary/aromatic N) is 4. The van der Waals surface area contributed by atoms with E-state index in [1.165, 1.54) is 11.9 Å². The Morgan fingerprint density at radius 1 is 1.28 bits per heavy atom. The molecule has 7 nitrogen and oxygen atoms in total. The topological polar surface area (TPSA) is 108 Å². The number of hydrogen-bond acceptors (Lipinski definition) is 6. The quantitative estimate of drug-likeness (QED) is 0.517. The standard InChI is InChI=1S/C22H31N7/c1-16(2)27-22(20-4-3-11-26-21(20)25)29(15-23)19-7-5-17(6-8-19)14-28-12-9-18(24)10-13-28/h3-8,11,15-16,18,23H,9-10,12-14,24H2,1-2H3,(H2,25,26). The lowest BCUT2D eigenvalue weighted by molar-refractivity contribution is 0.205. The molecule has 29 heavy (non-hydrogen) atoms. The molecular formula is C22H31N7. The molecule has 0 aliphatic carbocycles. The molecule has 1 fully saturated rings. The fraction of sp³-hybridized carbons (Fsp3) is 0.409. The van der Waals surface area contributed by atoms with Crippen molar-refractivity contribution in [1.29, 1.82) is 5.41 Å². The van der Waals surface area contributed by atoms with Crippen LogP contribution in [0.5, 0.6) is 0 Å². The molecule has 5 N–H and O–H groups in total. The normalized spacial score (nSPS) is 16.2. The predicted octanol–water partition coefficient (Wildman–Crippen LogP) is 2.86. The number of aromatic nitrogens is 1. The van der Waals surface area contributed by atoms with Crippen LogP contribution in [0.2, 0.25) is 0 Å². The van der Waals surface area contributed by atoms with Gasteiger partial charge in [0.25, 0.3) is 0 Å². The van der Waals surface area contributed by atoms with Crippen molar-refractivity contribution >= 4 is 23.7 Å². The zero-order chi connectivity index (χ0) is 20.8. The van der Waals surface area contributed by atoms with Crippen LogP contribution in [0.1, 0.15) is 37.8 Å². The number of nitrogens with two attached hydrogens (primary N) is 2. The van der Waals surface area contributed by atoms with Gasteiger partial charge in [0.1, 0.15) is 11.7 Å². The summed E-state index contributed by atoms with van der Waals surface area (Å²) in [6.07, 6.45) is 5.04. The van der Waals surface area contributed by atoms with E-state index in [1.54, 1.807) is 11.1 Å². The van der Waals surface area contributed by atoms with Crippen molar-refractivity contribution in [2.75, 3.05) is 23.7 Å². The lowest BCUT2D eigenvalue weighted by atomic mass is 10.1. The van der Waals surface area contributed by atoms with Crippen molar-refractivity contribution < 1.29 is 0 Å². The maximum atomic E-state index is 8.01. The van der Waals surface area contributed by atoms with Crippen LogP contribution >= 0.6 is 0 Å². The molecule has 0 amide bonds. The smallest absolute Gasteiger partial charge is 0.144 e. The zero-order valence-corrected chi connectivity index (χ0v) is 17.3. The van der Waals surface area contributed by atoms with Gasteiger partial charge in [0.15, 0.2) is 0 Å². The first-order valence-electron chi connectivity index (χ1n) is 10.1. The van der Waals surface area contributed by atoms with Gasteiger partial charge in [-0.2, -0.15) is 0 Å². The summed E-state index contributed by atoms with van der Waals surface area (Å²) in [5.41, 5.74) is 14.9. The van der Waals surface area contributed by atoms with E-state index in [2.05, 4.69) is 22.0 Å². The number of amidine groups is 1. The molecule has 3 rings (SSSR count). The average Bonchev–Trinajstić information content (AvgIpc) is 2.71. The molecule has 1 aliphatic heterocycles. The van der Waals surface area contributed by atoms with Crippen molar-refractivity contribution in [1.82, 2.24) is 9.88 Å². The third kappa shape index (κ3) is 5.40. The maximum absolute atomic E-state index is 8.01. The number of aliphatic imine (C=N–C) groups is 1.